The molecule has 0 fully saturated rings. The molecule has 0 bridgehead atoms. The Bertz CT molecular complexity index is 564. The fraction of sp³-hybridized carbons (Fsp3) is 0.333. The average Bonchev–Trinajstić information content (AvgIpc) is 2.49. The second-order valence-corrected chi connectivity index (χ2v) is 4.73. The Hall–Kier alpha value is -1.51. The van der Waals surface area contributed by atoms with Crippen LogP contribution in [-0.2, 0) is 25.7 Å². The van der Waals surface area contributed by atoms with Crippen molar-refractivity contribution in [3.05, 3.63) is 35.9 Å². The number of benzene rings is 1. The van der Waals surface area contributed by atoms with E-state index in [0.717, 1.165) is 5.56 Å². The molecule has 0 saturated carbocycles. The van der Waals surface area contributed by atoms with Crippen LogP contribution in [0.1, 0.15) is 24.8 Å². The summed E-state index contributed by atoms with van der Waals surface area (Å²) in [6.45, 7) is 0.299. The number of aliphatic carboxylic acids is 2. The van der Waals surface area contributed by atoms with Crippen LogP contribution in [0.25, 0.3) is 0 Å². The Morgan fingerprint density at radius 1 is 1.00 bits per heavy atom. The first-order valence-electron chi connectivity index (χ1n) is 6.65. The van der Waals surface area contributed by atoms with Crippen LogP contribution < -0.4 is 53.3 Å². The van der Waals surface area contributed by atoms with E-state index < -0.39 is 36.0 Å². The molecule has 1 unspecified atom stereocenters. The van der Waals surface area contributed by atoms with Gasteiger partial charge in [-0.1, -0.05) is 30.3 Å². The first-order valence-corrected chi connectivity index (χ1v) is 6.65. The van der Waals surface area contributed by atoms with Crippen LogP contribution in [0.4, 0.5) is 0 Å². The van der Waals surface area contributed by atoms with Crippen LogP contribution in [0.5, 0.6) is 0 Å². The van der Waals surface area contributed by atoms with Crippen LogP contribution in [-0.4, -0.2) is 23.6 Å². The molecule has 1 aromatic carbocycles. The van der Waals surface area contributed by atoms with Crippen LogP contribution in [0.2, 0.25) is 0 Å². The molecule has 7 nitrogen and oxygen atoms in total. The fourth-order valence-electron chi connectivity index (χ4n) is 1.80. The third-order valence-electron chi connectivity index (χ3n) is 3.05. The largest absolute Gasteiger partial charge is 1.00 e. The van der Waals surface area contributed by atoms with Gasteiger partial charge in [-0.25, -0.2) is 0 Å². The molecule has 1 rings (SSSR count). The number of carboxylic acid groups (broad SMARTS) is 2. The Labute approximate surface area is 163 Å². The van der Waals surface area contributed by atoms with Gasteiger partial charge in [-0.15, -0.1) is 0 Å². The molecule has 0 aromatic heterocycles. The quantitative estimate of drug-likeness (QED) is 0.356. The summed E-state index contributed by atoms with van der Waals surface area (Å²) in [5, 5.41) is 23.7. The maximum absolute atomic E-state index is 11.6. The zero-order valence-electron chi connectivity index (χ0n) is 13.7. The van der Waals surface area contributed by atoms with E-state index in [0.29, 0.717) is 6.54 Å². The van der Waals surface area contributed by atoms with Gasteiger partial charge in [0.15, 0.2) is 5.78 Å². The second kappa shape index (κ2) is 12.9. The molecule has 1 atom stereocenters. The van der Waals surface area contributed by atoms with Gasteiger partial charge in [-0.2, -0.15) is 0 Å². The number of nitrogens with one attached hydrogen (secondary N) is 1. The van der Waals surface area contributed by atoms with Gasteiger partial charge in [0.05, 0.1) is 0 Å². The van der Waals surface area contributed by atoms with Gasteiger partial charge in [0.25, 0.3) is 0 Å². The number of rotatable bonds is 9. The van der Waals surface area contributed by atoms with Crippen LogP contribution in [0.15, 0.2) is 30.3 Å². The first kappa shape index (κ1) is 24.7. The molecule has 0 aliphatic heterocycles. The Balaban J connectivity index is 0. The molecule has 118 valence electrons. The molecule has 1 N–H and O–H groups in total. The van der Waals surface area contributed by atoms with E-state index >= 15 is 0 Å². The second-order valence-electron chi connectivity index (χ2n) is 4.73. The van der Waals surface area contributed by atoms with Crippen LogP contribution in [0.3, 0.4) is 0 Å². The molecule has 0 spiro atoms. The number of ketones is 1. The SMILES string of the molecule is O=C(CCC(CC(=O)C(=O)[O-])C(=O)[O-])NCc1ccccc1.[Li+].[Li+]. The number of carboxylic acids is 2. The van der Waals surface area contributed by atoms with E-state index in [4.69, 9.17) is 0 Å². The maximum atomic E-state index is 11.6. The van der Waals surface area contributed by atoms with Crippen molar-refractivity contribution in [2.45, 2.75) is 25.8 Å². The summed E-state index contributed by atoms with van der Waals surface area (Å²) in [5.41, 5.74) is 0.888. The molecule has 0 heterocycles. The summed E-state index contributed by atoms with van der Waals surface area (Å²) in [7, 11) is 0. The van der Waals surface area contributed by atoms with E-state index in [1.165, 1.54) is 0 Å². The van der Waals surface area contributed by atoms with Crippen molar-refractivity contribution < 1.29 is 67.1 Å². The Morgan fingerprint density at radius 3 is 2.08 bits per heavy atom. The molecular weight excluding hydrogens is 304 g/mol. The van der Waals surface area contributed by atoms with Crippen molar-refractivity contribution in [1.82, 2.24) is 5.32 Å². The predicted octanol–water partition coefficient (Wildman–Crippen LogP) is -7.83. The van der Waals surface area contributed by atoms with Crippen molar-refractivity contribution in [3.8, 4) is 0 Å². The molecule has 24 heavy (non-hydrogen) atoms. The summed E-state index contributed by atoms with van der Waals surface area (Å²) >= 11 is 0. The predicted molar refractivity (Wildman–Crippen MR) is 70.7 cm³/mol. The van der Waals surface area contributed by atoms with Gasteiger partial charge < -0.3 is 25.1 Å². The van der Waals surface area contributed by atoms with Gasteiger partial charge in [0, 0.05) is 31.3 Å². The molecule has 0 radical (unpaired) electrons. The summed E-state index contributed by atoms with van der Waals surface area (Å²) in [4.78, 5) is 43.7. The number of Topliss-reactive ketones (excluding diaryl/α,β-unsaturated/α-hetero) is 1. The summed E-state index contributed by atoms with van der Waals surface area (Å²) < 4.78 is 0. The molecule has 0 aliphatic rings. The zero-order chi connectivity index (χ0) is 16.5. The number of carbonyl (C=O) groups is 4. The minimum Gasteiger partial charge on any atom is -0.550 e. The smallest absolute Gasteiger partial charge is 0.550 e. The van der Waals surface area contributed by atoms with Crippen molar-refractivity contribution in [1.29, 1.82) is 0 Å². The van der Waals surface area contributed by atoms with Crippen LogP contribution in [0, 0.1) is 5.92 Å². The van der Waals surface area contributed by atoms with E-state index in [9.17, 15) is 29.4 Å². The molecule has 0 aliphatic carbocycles. The maximum Gasteiger partial charge on any atom is 1.00 e. The van der Waals surface area contributed by atoms with Crippen molar-refractivity contribution in [2.24, 2.45) is 5.92 Å². The molecule has 9 heteroatoms. The normalized spacial score (nSPS) is 10.5. The first-order chi connectivity index (χ1) is 10.4. The molecule has 0 saturated heterocycles. The summed E-state index contributed by atoms with van der Waals surface area (Å²) in [5.74, 6) is -6.55. The van der Waals surface area contributed by atoms with Gasteiger partial charge in [-0.3, -0.25) is 9.59 Å². The number of carbonyl (C=O) groups excluding carboxylic acids is 4. The number of hydrogen-bond donors (Lipinski definition) is 1. The van der Waals surface area contributed by atoms with Gasteiger partial charge in [0.1, 0.15) is 5.97 Å². The standard InChI is InChI=1S/C15H17NO6.2Li/c17-12(15(21)22)8-11(14(19)20)6-7-13(18)16-9-10-4-2-1-3-5-10;;/h1-5,11H,6-9H2,(H,16,18)(H,19,20)(H,21,22);;/q;2*+1/p-2. The molecule has 1 amide bonds. The van der Waals surface area contributed by atoms with E-state index in [1.54, 1.807) is 0 Å². The monoisotopic (exact) mass is 319 g/mol. The summed E-state index contributed by atoms with van der Waals surface area (Å²) in [6, 6.07) is 9.12. The van der Waals surface area contributed by atoms with Gasteiger partial charge in [0.2, 0.25) is 5.91 Å². The van der Waals surface area contributed by atoms with Crippen molar-refractivity contribution >= 4 is 23.6 Å². The number of amides is 1. The molecular formula is C15H15Li2NO6. The topological polar surface area (TPSA) is 126 Å². The zero-order valence-corrected chi connectivity index (χ0v) is 13.7. The van der Waals surface area contributed by atoms with E-state index in [-0.39, 0.29) is 50.6 Å². The number of hydrogen-bond acceptors (Lipinski definition) is 6. The van der Waals surface area contributed by atoms with Crippen LogP contribution >= 0.6 is 0 Å². The van der Waals surface area contributed by atoms with Crippen molar-refractivity contribution in [2.75, 3.05) is 0 Å². The average molecular weight is 319 g/mol. The minimum atomic E-state index is -1.94. The third kappa shape index (κ3) is 9.59. The molecule has 1 aromatic rings. The fourth-order valence-corrected chi connectivity index (χ4v) is 1.80. The van der Waals surface area contributed by atoms with Crippen molar-refractivity contribution in [3.63, 3.8) is 0 Å². The van der Waals surface area contributed by atoms with E-state index in [2.05, 4.69) is 5.32 Å². The van der Waals surface area contributed by atoms with Gasteiger partial charge >= 0.3 is 37.7 Å². The Kier molecular flexibility index (Phi) is 13.3. The van der Waals surface area contributed by atoms with Gasteiger partial charge in [-0.05, 0) is 12.0 Å². The summed E-state index contributed by atoms with van der Waals surface area (Å²) in [6.07, 6.45) is -1.07. The third-order valence-corrected chi connectivity index (χ3v) is 3.05. The minimum absolute atomic E-state index is 0. The van der Waals surface area contributed by atoms with E-state index in [1.807, 2.05) is 30.3 Å². The Morgan fingerprint density at radius 2 is 1.58 bits per heavy atom.